The van der Waals surface area contributed by atoms with Crippen molar-refractivity contribution in [2.75, 3.05) is 0 Å². The molecule has 0 radical (unpaired) electrons. The molecule has 7 heteroatoms. The van der Waals surface area contributed by atoms with Crippen LogP contribution in [0.4, 0.5) is 0 Å². The Labute approximate surface area is 140 Å². The molecule has 1 aromatic heterocycles. The summed E-state index contributed by atoms with van der Waals surface area (Å²) in [6.45, 7) is 2.38. The molecule has 2 aromatic carbocycles. The number of sulfonamides is 1. The number of hydrogen-bond donors (Lipinski definition) is 1. The molecule has 6 nitrogen and oxygen atoms in total. The zero-order chi connectivity index (χ0) is 17.0. The number of aryl methyl sites for hydroxylation is 1. The lowest BCUT2D eigenvalue weighted by Crippen LogP contribution is -2.23. The molecular formula is C17H19N3O3S. The second-order valence-corrected chi connectivity index (χ2v) is 7.37. The molecule has 0 unspecified atom stereocenters. The first kappa shape index (κ1) is 16.6. The molecule has 0 spiro atoms. The summed E-state index contributed by atoms with van der Waals surface area (Å²) in [4.78, 5) is 0.0702. The number of fused-ring (bicyclic) bond motifs is 1. The van der Waals surface area contributed by atoms with E-state index in [1.807, 2.05) is 24.3 Å². The number of rotatable bonds is 7. The predicted molar refractivity (Wildman–Crippen MR) is 90.9 cm³/mol. The van der Waals surface area contributed by atoms with Gasteiger partial charge < -0.3 is 0 Å². The van der Waals surface area contributed by atoms with Crippen molar-refractivity contribution >= 4 is 21.1 Å². The number of nitrogens with one attached hydrogen (secondary N) is 1. The molecule has 126 valence electrons. The van der Waals surface area contributed by atoms with Crippen molar-refractivity contribution in [3.8, 4) is 0 Å². The molecule has 0 saturated heterocycles. The van der Waals surface area contributed by atoms with Gasteiger partial charge in [0.2, 0.25) is 10.0 Å². The summed E-state index contributed by atoms with van der Waals surface area (Å²) in [6.07, 6.45) is 3.36. The van der Waals surface area contributed by atoms with Crippen molar-refractivity contribution in [3.63, 3.8) is 0 Å². The van der Waals surface area contributed by atoms with Crippen LogP contribution in [0.15, 0.2) is 52.0 Å². The van der Waals surface area contributed by atoms with E-state index in [1.165, 1.54) is 11.6 Å². The third-order valence-electron chi connectivity index (χ3n) is 3.85. The van der Waals surface area contributed by atoms with Crippen LogP contribution in [0, 0.1) is 0 Å². The highest BCUT2D eigenvalue weighted by Gasteiger charge is 2.19. The Morgan fingerprint density at radius 3 is 2.54 bits per heavy atom. The van der Waals surface area contributed by atoms with Crippen LogP contribution in [-0.4, -0.2) is 18.7 Å². The second-order valence-electron chi connectivity index (χ2n) is 5.63. The minimum absolute atomic E-state index is 0.0702. The quantitative estimate of drug-likeness (QED) is 0.711. The minimum Gasteiger partial charge on any atom is -0.243 e. The van der Waals surface area contributed by atoms with Gasteiger partial charge in [0.15, 0.2) is 5.52 Å². The van der Waals surface area contributed by atoms with E-state index in [-0.39, 0.29) is 17.0 Å². The second kappa shape index (κ2) is 7.11. The van der Waals surface area contributed by atoms with E-state index in [0.717, 1.165) is 24.8 Å². The number of unbranched alkanes of at least 4 members (excludes halogenated alkanes) is 1. The van der Waals surface area contributed by atoms with Crippen molar-refractivity contribution in [2.45, 2.75) is 37.6 Å². The maximum atomic E-state index is 12.5. The first-order valence-electron chi connectivity index (χ1n) is 7.89. The smallest absolute Gasteiger partial charge is 0.243 e. The number of hydrogen-bond acceptors (Lipinski definition) is 5. The molecule has 0 atom stereocenters. The van der Waals surface area contributed by atoms with Crippen LogP contribution in [0.5, 0.6) is 0 Å². The summed E-state index contributed by atoms with van der Waals surface area (Å²) in [7, 11) is -3.69. The normalized spacial score (nSPS) is 11.9. The first-order chi connectivity index (χ1) is 11.6. The van der Waals surface area contributed by atoms with E-state index in [4.69, 9.17) is 0 Å². The minimum atomic E-state index is -3.69. The van der Waals surface area contributed by atoms with Crippen LogP contribution in [0.1, 0.15) is 30.9 Å². The van der Waals surface area contributed by atoms with E-state index in [1.54, 1.807) is 12.1 Å². The lowest BCUT2D eigenvalue weighted by Gasteiger charge is -2.08. The number of benzene rings is 2. The maximum Gasteiger partial charge on any atom is 0.243 e. The summed E-state index contributed by atoms with van der Waals surface area (Å²) < 4.78 is 32.2. The molecule has 0 fully saturated rings. The largest absolute Gasteiger partial charge is 0.243 e. The molecule has 0 aliphatic rings. The maximum absolute atomic E-state index is 12.5. The summed E-state index contributed by atoms with van der Waals surface area (Å²) in [5.41, 5.74) is 2.82. The molecule has 3 rings (SSSR count). The van der Waals surface area contributed by atoms with Gasteiger partial charge in [-0.1, -0.05) is 43.7 Å². The van der Waals surface area contributed by atoms with E-state index in [2.05, 4.69) is 26.6 Å². The Morgan fingerprint density at radius 2 is 1.79 bits per heavy atom. The van der Waals surface area contributed by atoms with Gasteiger partial charge in [0.05, 0.1) is 0 Å². The van der Waals surface area contributed by atoms with Gasteiger partial charge in [-0.3, -0.25) is 0 Å². The van der Waals surface area contributed by atoms with E-state index in [0.29, 0.717) is 5.52 Å². The molecule has 0 bridgehead atoms. The highest BCUT2D eigenvalue weighted by molar-refractivity contribution is 7.89. The highest BCUT2D eigenvalue weighted by atomic mass is 32.2. The van der Waals surface area contributed by atoms with Crippen LogP contribution in [-0.2, 0) is 23.0 Å². The number of nitrogens with zero attached hydrogens (tertiary/aromatic N) is 2. The van der Waals surface area contributed by atoms with E-state index in [9.17, 15) is 8.42 Å². The topological polar surface area (TPSA) is 85.1 Å². The molecule has 0 amide bonds. The first-order valence-corrected chi connectivity index (χ1v) is 9.37. The van der Waals surface area contributed by atoms with Gasteiger partial charge in [0.25, 0.3) is 0 Å². The van der Waals surface area contributed by atoms with E-state index < -0.39 is 10.0 Å². The molecular weight excluding hydrogens is 326 g/mol. The summed E-state index contributed by atoms with van der Waals surface area (Å²) in [5, 5.41) is 7.34. The van der Waals surface area contributed by atoms with Crippen LogP contribution < -0.4 is 4.72 Å². The van der Waals surface area contributed by atoms with Gasteiger partial charge in [-0.2, -0.15) is 0 Å². The fourth-order valence-electron chi connectivity index (χ4n) is 2.46. The standard InChI is InChI=1S/C17H19N3O3S/c1-2-3-5-13-8-10-14(11-9-13)12-18-24(21,22)16-7-4-6-15-17(16)20-23-19-15/h4,6-11,18H,2-3,5,12H2,1H3. The Balaban J connectivity index is 1.72. The molecule has 0 aliphatic carbocycles. The van der Waals surface area contributed by atoms with Crippen molar-refractivity contribution in [1.29, 1.82) is 0 Å². The van der Waals surface area contributed by atoms with Crippen molar-refractivity contribution in [3.05, 3.63) is 53.6 Å². The average molecular weight is 345 g/mol. The van der Waals surface area contributed by atoms with Gasteiger partial charge in [0.1, 0.15) is 10.4 Å². The Bertz CT molecular complexity index is 918. The van der Waals surface area contributed by atoms with Crippen LogP contribution in [0.25, 0.3) is 11.0 Å². The van der Waals surface area contributed by atoms with Gasteiger partial charge in [0, 0.05) is 6.54 Å². The molecule has 3 aromatic rings. The van der Waals surface area contributed by atoms with Crippen LogP contribution >= 0.6 is 0 Å². The van der Waals surface area contributed by atoms with Gasteiger partial charge >= 0.3 is 0 Å². The van der Waals surface area contributed by atoms with Crippen molar-refractivity contribution in [2.24, 2.45) is 0 Å². The summed E-state index contributed by atoms with van der Waals surface area (Å²) in [5.74, 6) is 0. The average Bonchev–Trinajstić information content (AvgIpc) is 3.07. The summed E-state index contributed by atoms with van der Waals surface area (Å²) >= 11 is 0. The zero-order valence-corrected chi connectivity index (χ0v) is 14.2. The third-order valence-corrected chi connectivity index (χ3v) is 5.28. The Kier molecular flexibility index (Phi) is 4.92. The summed E-state index contributed by atoms with van der Waals surface area (Å²) in [6, 6.07) is 12.7. The third kappa shape index (κ3) is 3.63. The van der Waals surface area contributed by atoms with Crippen LogP contribution in [0.2, 0.25) is 0 Å². The lowest BCUT2D eigenvalue weighted by molar-refractivity contribution is 0.315. The Morgan fingerprint density at radius 1 is 1.04 bits per heavy atom. The van der Waals surface area contributed by atoms with Crippen LogP contribution in [0.3, 0.4) is 0 Å². The molecule has 1 heterocycles. The predicted octanol–water partition coefficient (Wildman–Crippen LogP) is 3.04. The van der Waals surface area contributed by atoms with Crippen molar-refractivity contribution in [1.82, 2.24) is 15.0 Å². The van der Waals surface area contributed by atoms with Gasteiger partial charge in [-0.15, -0.1) is 0 Å². The monoisotopic (exact) mass is 345 g/mol. The molecule has 0 aliphatic heterocycles. The Hall–Kier alpha value is -2.25. The molecule has 1 N–H and O–H groups in total. The zero-order valence-electron chi connectivity index (χ0n) is 13.4. The lowest BCUT2D eigenvalue weighted by atomic mass is 10.1. The number of aromatic nitrogens is 2. The van der Waals surface area contributed by atoms with Gasteiger partial charge in [-0.05, 0) is 46.4 Å². The molecule has 0 saturated carbocycles. The van der Waals surface area contributed by atoms with E-state index >= 15 is 0 Å². The highest BCUT2D eigenvalue weighted by Crippen LogP contribution is 2.19. The fraction of sp³-hybridized carbons (Fsp3) is 0.294. The fourth-order valence-corrected chi connectivity index (χ4v) is 3.63. The SMILES string of the molecule is CCCCc1ccc(CNS(=O)(=O)c2cccc3nonc23)cc1. The van der Waals surface area contributed by atoms with Crippen molar-refractivity contribution < 1.29 is 13.0 Å². The van der Waals surface area contributed by atoms with Gasteiger partial charge in [-0.25, -0.2) is 17.8 Å². The molecule has 24 heavy (non-hydrogen) atoms.